The molecule has 0 saturated carbocycles. The third kappa shape index (κ3) is 4.03. The van der Waals surface area contributed by atoms with E-state index in [9.17, 15) is 9.59 Å². The normalized spacial score (nSPS) is 12.5. The Bertz CT molecular complexity index is 843. The third-order valence-electron chi connectivity index (χ3n) is 4.42. The van der Waals surface area contributed by atoms with E-state index in [-0.39, 0.29) is 18.4 Å². The van der Waals surface area contributed by atoms with Crippen LogP contribution in [0.3, 0.4) is 0 Å². The van der Waals surface area contributed by atoms with Gasteiger partial charge in [0.05, 0.1) is 14.2 Å². The molecule has 1 aliphatic heterocycles. The molecular weight excluding hydrogens is 348 g/mol. The maximum Gasteiger partial charge on any atom is 0.255 e. The van der Waals surface area contributed by atoms with Crippen LogP contribution in [0.15, 0.2) is 36.4 Å². The highest BCUT2D eigenvalue weighted by Crippen LogP contribution is 2.31. The van der Waals surface area contributed by atoms with Crippen LogP contribution < -0.4 is 19.7 Å². The topological polar surface area (TPSA) is 77.1 Å². The summed E-state index contributed by atoms with van der Waals surface area (Å²) in [6.07, 6.45) is 0.784. The minimum atomic E-state index is -0.292. The predicted octanol–water partition coefficient (Wildman–Crippen LogP) is 2.49. The summed E-state index contributed by atoms with van der Waals surface area (Å²) in [6.45, 7) is 0.641. The molecule has 0 saturated heterocycles. The minimum absolute atomic E-state index is 0.0274. The molecule has 0 spiro atoms. The van der Waals surface area contributed by atoms with Gasteiger partial charge in [-0.3, -0.25) is 9.59 Å². The minimum Gasteiger partial charge on any atom is -0.497 e. The molecule has 1 heterocycles. The second kappa shape index (κ2) is 8.09. The lowest BCUT2D eigenvalue weighted by molar-refractivity contribution is -0.122. The zero-order chi connectivity index (χ0) is 19.4. The Hall–Kier alpha value is -3.06. The van der Waals surface area contributed by atoms with Gasteiger partial charge in [-0.1, -0.05) is 6.07 Å². The lowest BCUT2D eigenvalue weighted by atomic mass is 10.1. The Morgan fingerprint density at radius 3 is 2.37 bits per heavy atom. The van der Waals surface area contributed by atoms with Crippen LogP contribution in [0.25, 0.3) is 0 Å². The molecule has 7 nitrogen and oxygen atoms in total. The van der Waals surface area contributed by atoms with Crippen molar-refractivity contribution in [1.29, 1.82) is 0 Å². The molecule has 1 aliphatic rings. The van der Waals surface area contributed by atoms with Crippen molar-refractivity contribution in [1.82, 2.24) is 0 Å². The molecular formula is C20H22N2O5. The van der Waals surface area contributed by atoms with E-state index >= 15 is 0 Å². The molecule has 0 aromatic heterocycles. The number of hydrogen-bond donors (Lipinski definition) is 1. The molecule has 142 valence electrons. The van der Waals surface area contributed by atoms with Crippen LogP contribution in [0.4, 0.5) is 11.4 Å². The van der Waals surface area contributed by atoms with E-state index in [1.165, 1.54) is 21.3 Å². The highest BCUT2D eigenvalue weighted by molar-refractivity contribution is 6.05. The number of carbonyl (C=O) groups is 2. The van der Waals surface area contributed by atoms with Crippen molar-refractivity contribution in [3.05, 3.63) is 47.5 Å². The smallest absolute Gasteiger partial charge is 0.255 e. The first-order valence-corrected chi connectivity index (χ1v) is 8.52. The van der Waals surface area contributed by atoms with E-state index in [0.29, 0.717) is 29.3 Å². The van der Waals surface area contributed by atoms with E-state index < -0.39 is 0 Å². The summed E-state index contributed by atoms with van der Waals surface area (Å²) in [5.41, 5.74) is 2.90. The van der Waals surface area contributed by atoms with Gasteiger partial charge in [0.25, 0.3) is 11.8 Å². The molecule has 0 fully saturated rings. The van der Waals surface area contributed by atoms with Gasteiger partial charge in [0, 0.05) is 36.7 Å². The van der Waals surface area contributed by atoms with E-state index in [4.69, 9.17) is 14.2 Å². The van der Waals surface area contributed by atoms with Crippen LogP contribution in [-0.4, -0.2) is 46.3 Å². The molecule has 2 aromatic carbocycles. The molecule has 2 amide bonds. The molecule has 2 aromatic rings. The van der Waals surface area contributed by atoms with E-state index in [2.05, 4.69) is 5.32 Å². The number of fused-ring (bicyclic) bond motifs is 1. The van der Waals surface area contributed by atoms with Crippen molar-refractivity contribution in [2.75, 3.05) is 44.7 Å². The van der Waals surface area contributed by atoms with Gasteiger partial charge in [0.15, 0.2) is 0 Å². The first kappa shape index (κ1) is 18.7. The molecule has 0 unspecified atom stereocenters. The highest BCUT2D eigenvalue weighted by Gasteiger charge is 2.25. The second-order valence-electron chi connectivity index (χ2n) is 6.13. The van der Waals surface area contributed by atoms with Crippen molar-refractivity contribution >= 4 is 23.2 Å². The Morgan fingerprint density at radius 2 is 1.74 bits per heavy atom. The van der Waals surface area contributed by atoms with Gasteiger partial charge in [0.2, 0.25) is 0 Å². The average molecular weight is 370 g/mol. The molecule has 0 bridgehead atoms. The van der Waals surface area contributed by atoms with Crippen LogP contribution >= 0.6 is 0 Å². The molecule has 0 aliphatic carbocycles. The fourth-order valence-electron chi connectivity index (χ4n) is 3.06. The van der Waals surface area contributed by atoms with Crippen molar-refractivity contribution in [3.8, 4) is 11.5 Å². The summed E-state index contributed by atoms with van der Waals surface area (Å²) in [4.78, 5) is 26.5. The maximum absolute atomic E-state index is 12.6. The SMILES string of the molecule is COCC(=O)N1CCc2ccc(NC(=O)c3cc(OC)cc(OC)c3)cc21. The Kier molecular flexibility index (Phi) is 5.61. The largest absolute Gasteiger partial charge is 0.497 e. The first-order valence-electron chi connectivity index (χ1n) is 8.52. The lowest BCUT2D eigenvalue weighted by Crippen LogP contribution is -2.32. The van der Waals surface area contributed by atoms with Gasteiger partial charge in [0.1, 0.15) is 18.1 Å². The van der Waals surface area contributed by atoms with Crippen LogP contribution in [-0.2, 0) is 16.0 Å². The number of carbonyl (C=O) groups excluding carboxylic acids is 2. The Labute approximate surface area is 157 Å². The number of benzene rings is 2. The van der Waals surface area contributed by atoms with Crippen LogP contribution in [0.1, 0.15) is 15.9 Å². The van der Waals surface area contributed by atoms with Crippen molar-refractivity contribution < 1.29 is 23.8 Å². The number of anilines is 2. The maximum atomic E-state index is 12.6. The van der Waals surface area contributed by atoms with Crippen molar-refractivity contribution in [3.63, 3.8) is 0 Å². The molecule has 7 heteroatoms. The summed E-state index contributed by atoms with van der Waals surface area (Å²) in [7, 11) is 4.55. The van der Waals surface area contributed by atoms with Crippen LogP contribution in [0.2, 0.25) is 0 Å². The van der Waals surface area contributed by atoms with Gasteiger partial charge < -0.3 is 24.4 Å². The van der Waals surface area contributed by atoms with Crippen LogP contribution in [0, 0.1) is 0 Å². The van der Waals surface area contributed by atoms with E-state index in [0.717, 1.165) is 17.7 Å². The third-order valence-corrected chi connectivity index (χ3v) is 4.42. The average Bonchev–Trinajstić information content (AvgIpc) is 3.11. The fourth-order valence-corrected chi connectivity index (χ4v) is 3.06. The fraction of sp³-hybridized carbons (Fsp3) is 0.300. The summed E-state index contributed by atoms with van der Waals surface area (Å²) in [5, 5.41) is 2.86. The van der Waals surface area contributed by atoms with Gasteiger partial charge in [-0.2, -0.15) is 0 Å². The number of nitrogens with zero attached hydrogens (tertiary/aromatic N) is 1. The summed E-state index contributed by atoms with van der Waals surface area (Å²) >= 11 is 0. The molecule has 0 radical (unpaired) electrons. The number of methoxy groups -OCH3 is 3. The molecule has 27 heavy (non-hydrogen) atoms. The number of hydrogen-bond acceptors (Lipinski definition) is 5. The molecule has 0 atom stereocenters. The summed E-state index contributed by atoms with van der Waals surface area (Å²) < 4.78 is 15.4. The number of nitrogens with one attached hydrogen (secondary N) is 1. The predicted molar refractivity (Wildman–Crippen MR) is 102 cm³/mol. The second-order valence-corrected chi connectivity index (χ2v) is 6.13. The van der Waals surface area contributed by atoms with Gasteiger partial charge >= 0.3 is 0 Å². The van der Waals surface area contributed by atoms with E-state index in [1.54, 1.807) is 23.1 Å². The standard InChI is InChI=1S/C20H22N2O5/c1-25-12-19(23)22-7-6-13-4-5-15(10-18(13)22)21-20(24)14-8-16(26-2)11-17(9-14)27-3/h4-5,8-11H,6-7,12H2,1-3H3,(H,21,24). The first-order chi connectivity index (χ1) is 13.0. The zero-order valence-corrected chi connectivity index (χ0v) is 15.6. The number of rotatable bonds is 6. The quantitative estimate of drug-likeness (QED) is 0.845. The van der Waals surface area contributed by atoms with Gasteiger partial charge in [-0.15, -0.1) is 0 Å². The van der Waals surface area contributed by atoms with Gasteiger partial charge in [-0.25, -0.2) is 0 Å². The Morgan fingerprint density at radius 1 is 1.04 bits per heavy atom. The summed E-state index contributed by atoms with van der Waals surface area (Å²) in [6, 6.07) is 10.5. The number of amides is 2. The van der Waals surface area contributed by atoms with Crippen molar-refractivity contribution in [2.45, 2.75) is 6.42 Å². The summed E-state index contributed by atoms with van der Waals surface area (Å²) in [5.74, 6) is 0.673. The zero-order valence-electron chi connectivity index (χ0n) is 15.6. The monoisotopic (exact) mass is 370 g/mol. The van der Waals surface area contributed by atoms with E-state index in [1.807, 2.05) is 18.2 Å². The number of ether oxygens (including phenoxy) is 3. The van der Waals surface area contributed by atoms with Gasteiger partial charge in [-0.05, 0) is 36.2 Å². The van der Waals surface area contributed by atoms with Crippen molar-refractivity contribution in [2.24, 2.45) is 0 Å². The Balaban J connectivity index is 1.82. The van der Waals surface area contributed by atoms with Crippen LogP contribution in [0.5, 0.6) is 11.5 Å². The molecule has 3 rings (SSSR count). The highest BCUT2D eigenvalue weighted by atomic mass is 16.5. The lowest BCUT2D eigenvalue weighted by Gasteiger charge is -2.17. The molecule has 1 N–H and O–H groups in total.